The normalized spacial score (nSPS) is 11.2. The van der Waals surface area contributed by atoms with Gasteiger partial charge in [-0.25, -0.2) is 0 Å². The second-order valence-corrected chi connectivity index (χ2v) is 9.96. The lowest BCUT2D eigenvalue weighted by Gasteiger charge is -2.05. The largest absolute Gasteiger partial charge is 0.461 e. The molecule has 0 saturated carbocycles. The Morgan fingerprint density at radius 1 is 0.750 bits per heavy atom. The van der Waals surface area contributed by atoms with E-state index in [9.17, 15) is 4.79 Å². The second-order valence-electron chi connectivity index (χ2n) is 9.96. The lowest BCUT2D eigenvalue weighted by atomic mass is 10.0. The van der Waals surface area contributed by atoms with Gasteiger partial charge in [0.2, 0.25) is 0 Å². The number of esters is 1. The Bertz CT molecular complexity index is 529. The van der Waals surface area contributed by atoms with E-state index in [0.29, 0.717) is 13.0 Å². The van der Waals surface area contributed by atoms with E-state index in [1.807, 2.05) is 12.1 Å². The number of hydrogen-bond donors (Lipinski definition) is 0. The SMILES string of the molecule is CC(C)CCCCCCCCCCCCCCCCCCCC(=O)OCc1cccnc1. The average Bonchev–Trinajstić information content (AvgIpc) is 2.79. The molecular weight excluding hydrogens is 394 g/mol. The number of rotatable bonds is 22. The summed E-state index contributed by atoms with van der Waals surface area (Å²) >= 11 is 0. The molecule has 0 aliphatic carbocycles. The topological polar surface area (TPSA) is 39.2 Å². The van der Waals surface area contributed by atoms with Crippen LogP contribution in [0.4, 0.5) is 0 Å². The first-order chi connectivity index (χ1) is 15.7. The third kappa shape index (κ3) is 19.3. The smallest absolute Gasteiger partial charge is 0.306 e. The molecule has 0 unspecified atom stereocenters. The van der Waals surface area contributed by atoms with Crippen LogP contribution in [0.2, 0.25) is 0 Å². The highest BCUT2D eigenvalue weighted by Crippen LogP contribution is 2.15. The van der Waals surface area contributed by atoms with Gasteiger partial charge in [-0.1, -0.05) is 129 Å². The maximum absolute atomic E-state index is 11.8. The standard InChI is InChI=1S/C29H51NO2/c1-27(2)21-18-16-14-12-10-8-6-4-3-5-7-9-11-13-15-17-19-23-29(31)32-26-28-22-20-24-30-25-28/h20,22,24-25,27H,3-19,21,23,26H2,1-2H3. The number of nitrogens with zero attached hydrogens (tertiary/aromatic N) is 1. The van der Waals surface area contributed by atoms with Gasteiger partial charge in [0.15, 0.2) is 0 Å². The third-order valence-corrected chi connectivity index (χ3v) is 6.28. The van der Waals surface area contributed by atoms with E-state index < -0.39 is 0 Å². The van der Waals surface area contributed by atoms with Crippen LogP contribution in [-0.4, -0.2) is 11.0 Å². The van der Waals surface area contributed by atoms with Gasteiger partial charge < -0.3 is 4.74 Å². The predicted octanol–water partition coefficient (Wildman–Crippen LogP) is 9.19. The fourth-order valence-electron chi connectivity index (χ4n) is 4.19. The van der Waals surface area contributed by atoms with Crippen LogP contribution in [0.1, 0.15) is 141 Å². The van der Waals surface area contributed by atoms with Gasteiger partial charge in [0.25, 0.3) is 0 Å². The molecule has 1 heterocycles. The lowest BCUT2D eigenvalue weighted by Crippen LogP contribution is -2.04. The quantitative estimate of drug-likeness (QED) is 0.132. The Morgan fingerprint density at radius 2 is 1.22 bits per heavy atom. The molecule has 1 rings (SSSR count). The zero-order valence-corrected chi connectivity index (χ0v) is 21.3. The molecule has 32 heavy (non-hydrogen) atoms. The fourth-order valence-corrected chi connectivity index (χ4v) is 4.19. The zero-order valence-electron chi connectivity index (χ0n) is 21.3. The van der Waals surface area contributed by atoms with Crippen molar-refractivity contribution in [2.24, 2.45) is 5.92 Å². The van der Waals surface area contributed by atoms with Gasteiger partial charge in [0, 0.05) is 24.4 Å². The minimum atomic E-state index is -0.0875. The van der Waals surface area contributed by atoms with Crippen LogP contribution < -0.4 is 0 Å². The van der Waals surface area contributed by atoms with Crippen LogP contribution in [0, 0.1) is 5.92 Å². The molecule has 1 aromatic rings. The highest BCUT2D eigenvalue weighted by Gasteiger charge is 2.03. The number of carbonyl (C=O) groups excluding carboxylic acids is 1. The van der Waals surface area contributed by atoms with E-state index in [1.165, 1.54) is 103 Å². The van der Waals surface area contributed by atoms with Crippen molar-refractivity contribution >= 4 is 5.97 Å². The van der Waals surface area contributed by atoms with Gasteiger partial charge in [-0.2, -0.15) is 0 Å². The Balaban J connectivity index is 1.72. The number of pyridine rings is 1. The Hall–Kier alpha value is -1.38. The first-order valence-electron chi connectivity index (χ1n) is 13.7. The van der Waals surface area contributed by atoms with E-state index >= 15 is 0 Å². The van der Waals surface area contributed by atoms with Crippen molar-refractivity contribution in [3.05, 3.63) is 30.1 Å². The van der Waals surface area contributed by atoms with E-state index in [2.05, 4.69) is 18.8 Å². The highest BCUT2D eigenvalue weighted by molar-refractivity contribution is 5.69. The van der Waals surface area contributed by atoms with E-state index in [0.717, 1.165) is 24.3 Å². The molecule has 0 N–H and O–H groups in total. The molecule has 0 bridgehead atoms. The molecule has 0 amide bonds. The van der Waals surface area contributed by atoms with Crippen molar-refractivity contribution in [3.8, 4) is 0 Å². The summed E-state index contributed by atoms with van der Waals surface area (Å²) in [6.07, 6.45) is 28.6. The monoisotopic (exact) mass is 445 g/mol. The molecule has 0 aromatic carbocycles. The molecule has 184 valence electrons. The van der Waals surface area contributed by atoms with Crippen LogP contribution in [0.15, 0.2) is 24.5 Å². The molecule has 1 aromatic heterocycles. The van der Waals surface area contributed by atoms with Gasteiger partial charge in [0.05, 0.1) is 0 Å². The van der Waals surface area contributed by atoms with Crippen molar-refractivity contribution in [2.45, 2.75) is 142 Å². The number of unbranched alkanes of at least 4 members (excludes halogenated alkanes) is 16. The summed E-state index contributed by atoms with van der Waals surface area (Å²) in [7, 11) is 0. The van der Waals surface area contributed by atoms with Crippen molar-refractivity contribution in [1.29, 1.82) is 0 Å². The Labute approximate surface area is 199 Å². The summed E-state index contributed by atoms with van der Waals surface area (Å²) in [6, 6.07) is 3.79. The number of carbonyl (C=O) groups is 1. The van der Waals surface area contributed by atoms with Crippen molar-refractivity contribution in [3.63, 3.8) is 0 Å². The van der Waals surface area contributed by atoms with Crippen LogP contribution in [0.25, 0.3) is 0 Å². The number of aromatic nitrogens is 1. The maximum atomic E-state index is 11.8. The molecule has 0 radical (unpaired) electrons. The summed E-state index contributed by atoms with van der Waals surface area (Å²) in [6.45, 7) is 5.00. The predicted molar refractivity (Wildman–Crippen MR) is 137 cm³/mol. The first kappa shape index (κ1) is 28.7. The van der Waals surface area contributed by atoms with Gasteiger partial charge in [-0.3, -0.25) is 9.78 Å². The fraction of sp³-hybridized carbons (Fsp3) is 0.793. The summed E-state index contributed by atoms with van der Waals surface area (Å²) in [5, 5.41) is 0. The zero-order chi connectivity index (χ0) is 23.1. The van der Waals surface area contributed by atoms with E-state index in [4.69, 9.17) is 4.74 Å². The molecule has 3 heteroatoms. The molecule has 0 saturated heterocycles. The van der Waals surface area contributed by atoms with Crippen LogP contribution in [0.5, 0.6) is 0 Å². The number of ether oxygens (including phenoxy) is 1. The molecule has 0 fully saturated rings. The maximum Gasteiger partial charge on any atom is 0.306 e. The van der Waals surface area contributed by atoms with Gasteiger partial charge in [0.1, 0.15) is 6.61 Å². The lowest BCUT2D eigenvalue weighted by molar-refractivity contribution is -0.145. The van der Waals surface area contributed by atoms with Crippen LogP contribution in [-0.2, 0) is 16.1 Å². The third-order valence-electron chi connectivity index (χ3n) is 6.28. The summed E-state index contributed by atoms with van der Waals surface area (Å²) in [4.78, 5) is 15.8. The average molecular weight is 446 g/mol. The molecule has 3 nitrogen and oxygen atoms in total. The number of hydrogen-bond acceptors (Lipinski definition) is 3. The molecule has 0 aliphatic rings. The second kappa shape index (κ2) is 21.5. The molecular formula is C29H51NO2. The van der Waals surface area contributed by atoms with Gasteiger partial charge in [-0.05, 0) is 18.4 Å². The van der Waals surface area contributed by atoms with Crippen molar-refractivity contribution < 1.29 is 9.53 Å². The summed E-state index contributed by atoms with van der Waals surface area (Å²) in [5.74, 6) is 0.789. The minimum Gasteiger partial charge on any atom is -0.461 e. The van der Waals surface area contributed by atoms with E-state index in [1.54, 1.807) is 12.4 Å². The molecule has 0 atom stereocenters. The van der Waals surface area contributed by atoms with E-state index in [-0.39, 0.29) is 5.97 Å². The highest BCUT2D eigenvalue weighted by atomic mass is 16.5. The Kier molecular flexibility index (Phi) is 19.2. The van der Waals surface area contributed by atoms with Crippen LogP contribution in [0.3, 0.4) is 0 Å². The summed E-state index contributed by atoms with van der Waals surface area (Å²) in [5.41, 5.74) is 0.948. The van der Waals surface area contributed by atoms with Crippen molar-refractivity contribution in [1.82, 2.24) is 4.98 Å². The molecule has 0 aliphatic heterocycles. The Morgan fingerprint density at radius 3 is 1.66 bits per heavy atom. The first-order valence-corrected chi connectivity index (χ1v) is 13.7. The summed E-state index contributed by atoms with van der Waals surface area (Å²) < 4.78 is 5.29. The van der Waals surface area contributed by atoms with Gasteiger partial charge >= 0.3 is 5.97 Å². The van der Waals surface area contributed by atoms with Gasteiger partial charge in [-0.15, -0.1) is 0 Å². The minimum absolute atomic E-state index is 0.0875. The van der Waals surface area contributed by atoms with Crippen molar-refractivity contribution in [2.75, 3.05) is 0 Å². The van der Waals surface area contributed by atoms with Crippen LogP contribution >= 0.6 is 0 Å². The molecule has 0 spiro atoms.